The highest BCUT2D eigenvalue weighted by molar-refractivity contribution is 5.68. The van der Waals surface area contributed by atoms with Crippen LogP contribution in [0.25, 0.3) is 0 Å². The topological polar surface area (TPSA) is 71.0 Å². The van der Waals surface area contributed by atoms with E-state index >= 15 is 0 Å². The van der Waals surface area contributed by atoms with E-state index in [2.05, 4.69) is 10.6 Å². The summed E-state index contributed by atoms with van der Waals surface area (Å²) < 4.78 is 5.13. The Labute approximate surface area is 95.3 Å². The van der Waals surface area contributed by atoms with Gasteiger partial charge in [-0.05, 0) is 33.6 Å². The van der Waals surface area contributed by atoms with Crippen LogP contribution in [0.15, 0.2) is 5.29 Å². The average molecular weight is 229 g/mol. The number of hydrogen-bond donors (Lipinski definition) is 1. The van der Waals surface area contributed by atoms with Gasteiger partial charge >= 0.3 is 6.09 Å². The first kappa shape index (κ1) is 12.7. The molecule has 0 aliphatic carbocycles. The fourth-order valence-corrected chi connectivity index (χ4v) is 1.62. The summed E-state index contributed by atoms with van der Waals surface area (Å²) in [4.78, 5) is 21.8. The Morgan fingerprint density at radius 3 is 2.75 bits per heavy atom. The highest BCUT2D eigenvalue weighted by Gasteiger charge is 2.23. The third-order valence-electron chi connectivity index (χ3n) is 2.24. The van der Waals surface area contributed by atoms with Gasteiger partial charge in [0.1, 0.15) is 5.60 Å². The number of nitrogens with one attached hydrogen (secondary N) is 1. The Kier molecular flexibility index (Phi) is 4.09. The number of amides is 1. The lowest BCUT2D eigenvalue weighted by Gasteiger charge is -2.29. The van der Waals surface area contributed by atoms with Gasteiger partial charge < -0.3 is 10.1 Å². The van der Waals surface area contributed by atoms with Crippen molar-refractivity contribution in [3.05, 3.63) is 4.91 Å². The van der Waals surface area contributed by atoms with E-state index in [-0.39, 0.29) is 6.04 Å². The molecule has 0 saturated carbocycles. The Bertz CT molecular complexity index is 263. The molecule has 1 atom stereocenters. The van der Waals surface area contributed by atoms with Crippen molar-refractivity contribution >= 4 is 6.09 Å². The summed E-state index contributed by atoms with van der Waals surface area (Å²) in [5, 5.41) is 7.03. The molecule has 1 N–H and O–H groups in total. The molecule has 16 heavy (non-hydrogen) atoms. The minimum absolute atomic E-state index is 0.0544. The first-order chi connectivity index (χ1) is 7.40. The van der Waals surface area contributed by atoms with Crippen molar-refractivity contribution in [3.63, 3.8) is 0 Å². The molecular weight excluding hydrogens is 210 g/mol. The summed E-state index contributed by atoms with van der Waals surface area (Å²) in [6, 6.07) is -0.0544. The normalized spacial score (nSPS) is 21.4. The Hall–Kier alpha value is -1.33. The molecule has 1 amide bonds. The van der Waals surface area contributed by atoms with Crippen molar-refractivity contribution in [1.82, 2.24) is 10.3 Å². The summed E-state index contributed by atoms with van der Waals surface area (Å²) in [5.74, 6) is 0. The molecule has 92 valence electrons. The predicted octanol–water partition coefficient (Wildman–Crippen LogP) is 1.66. The van der Waals surface area contributed by atoms with Gasteiger partial charge in [0.05, 0.1) is 17.9 Å². The standard InChI is InChI=1S/C10H19N3O3/c1-10(2,3)16-9(14)11-8-5-4-6-13(7-8)12-15/h8H,4-7H2,1-3H3,(H,11,14)/t8-/m0/s1. The molecule has 1 heterocycles. The first-order valence-electron chi connectivity index (χ1n) is 5.48. The van der Waals surface area contributed by atoms with Crippen LogP contribution >= 0.6 is 0 Å². The lowest BCUT2D eigenvalue weighted by atomic mass is 10.1. The van der Waals surface area contributed by atoms with Crippen LogP contribution in [0, 0.1) is 4.91 Å². The van der Waals surface area contributed by atoms with Crippen LogP contribution in [0.4, 0.5) is 4.79 Å². The number of carbonyl (C=O) groups is 1. The zero-order chi connectivity index (χ0) is 12.2. The first-order valence-corrected chi connectivity index (χ1v) is 5.48. The number of rotatable bonds is 2. The van der Waals surface area contributed by atoms with E-state index in [0.29, 0.717) is 13.1 Å². The SMILES string of the molecule is CC(C)(C)OC(=O)N[C@H]1CCCN(N=O)C1. The van der Waals surface area contributed by atoms with Crippen molar-refractivity contribution in [2.24, 2.45) is 5.29 Å². The molecule has 0 radical (unpaired) electrons. The number of piperidine rings is 1. The zero-order valence-electron chi connectivity index (χ0n) is 10.0. The minimum atomic E-state index is -0.499. The second-order valence-corrected chi connectivity index (χ2v) is 4.98. The van der Waals surface area contributed by atoms with Gasteiger partial charge in [0.25, 0.3) is 0 Å². The van der Waals surface area contributed by atoms with Gasteiger partial charge in [-0.15, -0.1) is 4.91 Å². The molecule has 6 heteroatoms. The van der Waals surface area contributed by atoms with Crippen LogP contribution < -0.4 is 5.32 Å². The predicted molar refractivity (Wildman–Crippen MR) is 59.8 cm³/mol. The molecular formula is C10H19N3O3. The summed E-state index contributed by atoms with van der Waals surface area (Å²) in [6.07, 6.45) is 1.27. The fraction of sp³-hybridized carbons (Fsp3) is 0.900. The van der Waals surface area contributed by atoms with E-state index in [0.717, 1.165) is 12.8 Å². The van der Waals surface area contributed by atoms with Crippen LogP contribution in [0.2, 0.25) is 0 Å². The van der Waals surface area contributed by atoms with Gasteiger partial charge in [0.15, 0.2) is 0 Å². The third-order valence-corrected chi connectivity index (χ3v) is 2.24. The van der Waals surface area contributed by atoms with Crippen LogP contribution in [-0.4, -0.2) is 35.8 Å². The van der Waals surface area contributed by atoms with Crippen molar-refractivity contribution in [3.8, 4) is 0 Å². The zero-order valence-corrected chi connectivity index (χ0v) is 10.0. The molecule has 0 spiro atoms. The largest absolute Gasteiger partial charge is 0.444 e. The molecule has 1 aliphatic rings. The smallest absolute Gasteiger partial charge is 0.407 e. The van der Waals surface area contributed by atoms with E-state index in [1.165, 1.54) is 5.01 Å². The van der Waals surface area contributed by atoms with Gasteiger partial charge in [-0.25, -0.2) is 4.79 Å². The van der Waals surface area contributed by atoms with Crippen molar-refractivity contribution in [1.29, 1.82) is 0 Å². The van der Waals surface area contributed by atoms with E-state index in [1.54, 1.807) is 0 Å². The fourth-order valence-electron chi connectivity index (χ4n) is 1.62. The molecule has 0 unspecified atom stereocenters. The van der Waals surface area contributed by atoms with Gasteiger partial charge in [-0.1, -0.05) is 0 Å². The Balaban J connectivity index is 2.36. The average Bonchev–Trinajstić information content (AvgIpc) is 2.15. The minimum Gasteiger partial charge on any atom is -0.444 e. The number of carbonyl (C=O) groups excluding carboxylic acids is 1. The van der Waals surface area contributed by atoms with Crippen molar-refractivity contribution in [2.75, 3.05) is 13.1 Å². The number of alkyl carbamates (subject to hydrolysis) is 1. The highest BCUT2D eigenvalue weighted by Crippen LogP contribution is 2.12. The Morgan fingerprint density at radius 2 is 2.19 bits per heavy atom. The molecule has 0 bridgehead atoms. The number of hydrogen-bond acceptors (Lipinski definition) is 4. The lowest BCUT2D eigenvalue weighted by molar-refractivity contribution is 0.0473. The number of ether oxygens (including phenoxy) is 1. The van der Waals surface area contributed by atoms with Crippen molar-refractivity contribution in [2.45, 2.75) is 45.3 Å². The quantitative estimate of drug-likeness (QED) is 0.731. The third kappa shape index (κ3) is 4.46. The van der Waals surface area contributed by atoms with Gasteiger partial charge in [-0.2, -0.15) is 0 Å². The Morgan fingerprint density at radius 1 is 1.50 bits per heavy atom. The second kappa shape index (κ2) is 5.14. The molecule has 0 aromatic rings. The number of nitrogens with zero attached hydrogens (tertiary/aromatic N) is 2. The number of nitroso groups, excluding NO2 is 1. The summed E-state index contributed by atoms with van der Waals surface area (Å²) in [5.41, 5.74) is -0.499. The van der Waals surface area contributed by atoms with Crippen LogP contribution in [-0.2, 0) is 4.74 Å². The maximum atomic E-state index is 11.5. The molecule has 1 aliphatic heterocycles. The molecule has 0 aromatic heterocycles. The summed E-state index contributed by atoms with van der Waals surface area (Å²) >= 11 is 0. The summed E-state index contributed by atoms with van der Waals surface area (Å²) in [7, 11) is 0. The molecule has 6 nitrogen and oxygen atoms in total. The van der Waals surface area contributed by atoms with Gasteiger partial charge in [0.2, 0.25) is 0 Å². The van der Waals surface area contributed by atoms with Gasteiger partial charge in [-0.3, -0.25) is 5.01 Å². The van der Waals surface area contributed by atoms with Crippen LogP contribution in [0.3, 0.4) is 0 Å². The van der Waals surface area contributed by atoms with Gasteiger partial charge in [0, 0.05) is 6.54 Å². The second-order valence-electron chi connectivity index (χ2n) is 4.98. The van der Waals surface area contributed by atoms with E-state index in [1.807, 2.05) is 20.8 Å². The van der Waals surface area contributed by atoms with Crippen molar-refractivity contribution < 1.29 is 9.53 Å². The van der Waals surface area contributed by atoms with Crippen LogP contribution in [0.5, 0.6) is 0 Å². The maximum absolute atomic E-state index is 11.5. The molecule has 1 saturated heterocycles. The monoisotopic (exact) mass is 229 g/mol. The van der Waals surface area contributed by atoms with E-state index < -0.39 is 11.7 Å². The lowest BCUT2D eigenvalue weighted by Crippen LogP contribution is -2.47. The van der Waals surface area contributed by atoms with E-state index in [4.69, 9.17) is 4.74 Å². The highest BCUT2D eigenvalue weighted by atomic mass is 16.6. The summed E-state index contributed by atoms with van der Waals surface area (Å²) in [6.45, 7) is 6.56. The molecule has 1 fully saturated rings. The van der Waals surface area contributed by atoms with E-state index in [9.17, 15) is 9.70 Å². The maximum Gasteiger partial charge on any atom is 0.407 e. The van der Waals surface area contributed by atoms with Crippen LogP contribution in [0.1, 0.15) is 33.6 Å². The molecule has 0 aromatic carbocycles. The molecule has 1 rings (SSSR count).